The van der Waals surface area contributed by atoms with Crippen LogP contribution in [-0.4, -0.2) is 17.8 Å². The van der Waals surface area contributed by atoms with Gasteiger partial charge in [-0.15, -0.1) is 0 Å². The Labute approximate surface area is 164 Å². The van der Waals surface area contributed by atoms with Crippen LogP contribution in [0.5, 0.6) is 5.75 Å². The fourth-order valence-corrected chi connectivity index (χ4v) is 4.06. The van der Waals surface area contributed by atoms with E-state index in [1.54, 1.807) is 12.1 Å². The average Bonchev–Trinajstić information content (AvgIpc) is 2.99. The molecule has 3 aromatic carbocycles. The number of rotatable bonds is 4. The lowest BCUT2D eigenvalue weighted by Gasteiger charge is -2.15. The van der Waals surface area contributed by atoms with Crippen LogP contribution in [0.2, 0.25) is 0 Å². The molecule has 0 atom stereocenters. The number of phenolic OH excluding ortho intramolecular Hbond substituents is 1. The van der Waals surface area contributed by atoms with Crippen LogP contribution in [0.3, 0.4) is 0 Å². The molecule has 0 saturated carbocycles. The van der Waals surface area contributed by atoms with Crippen molar-refractivity contribution in [3.8, 4) is 16.9 Å². The van der Waals surface area contributed by atoms with Crippen molar-refractivity contribution in [3.05, 3.63) is 88.5 Å². The molecule has 28 heavy (non-hydrogen) atoms. The standard InChI is InChI=1S/C24H23NO3/c1-15-11-17(26)12-16(2)22(15)13-25-24(27)28-14-23-20-9-5-3-7-18(20)19-8-4-6-10-21(19)23/h3-12,23,26H,13-14H2,1-2H3,(H,25,27). The molecule has 3 aromatic rings. The SMILES string of the molecule is Cc1cc(O)cc(C)c1CNC(=O)OCC1c2ccccc2-c2ccccc21. The number of aryl methyl sites for hydroxylation is 2. The summed E-state index contributed by atoms with van der Waals surface area (Å²) < 4.78 is 5.57. The van der Waals surface area contributed by atoms with Gasteiger partial charge < -0.3 is 15.2 Å². The highest BCUT2D eigenvalue weighted by Gasteiger charge is 2.28. The number of nitrogens with one attached hydrogen (secondary N) is 1. The van der Waals surface area contributed by atoms with Gasteiger partial charge in [-0.05, 0) is 64.9 Å². The Balaban J connectivity index is 1.43. The summed E-state index contributed by atoms with van der Waals surface area (Å²) in [4.78, 5) is 12.3. The lowest BCUT2D eigenvalue weighted by molar-refractivity contribution is 0.142. The maximum atomic E-state index is 12.3. The van der Waals surface area contributed by atoms with Gasteiger partial charge in [0.1, 0.15) is 12.4 Å². The molecule has 1 aliphatic carbocycles. The smallest absolute Gasteiger partial charge is 0.407 e. The van der Waals surface area contributed by atoms with E-state index in [9.17, 15) is 9.90 Å². The van der Waals surface area contributed by atoms with Crippen molar-refractivity contribution < 1.29 is 14.6 Å². The third kappa shape index (κ3) is 3.33. The molecule has 142 valence electrons. The van der Waals surface area contributed by atoms with Crippen LogP contribution in [0, 0.1) is 13.8 Å². The van der Waals surface area contributed by atoms with Crippen LogP contribution in [0.25, 0.3) is 11.1 Å². The fraction of sp³-hybridized carbons (Fsp3) is 0.208. The summed E-state index contributed by atoms with van der Waals surface area (Å²) in [6, 6.07) is 19.9. The zero-order valence-corrected chi connectivity index (χ0v) is 16.0. The summed E-state index contributed by atoms with van der Waals surface area (Å²) in [7, 11) is 0. The largest absolute Gasteiger partial charge is 0.508 e. The summed E-state index contributed by atoms with van der Waals surface area (Å²) in [6.07, 6.45) is -0.436. The number of amides is 1. The molecule has 0 unspecified atom stereocenters. The fourth-order valence-electron chi connectivity index (χ4n) is 4.06. The second-order valence-corrected chi connectivity index (χ2v) is 7.24. The molecule has 0 aliphatic heterocycles. The van der Waals surface area contributed by atoms with Crippen LogP contribution in [0.15, 0.2) is 60.7 Å². The van der Waals surface area contributed by atoms with Crippen molar-refractivity contribution in [2.24, 2.45) is 0 Å². The maximum Gasteiger partial charge on any atom is 0.407 e. The number of carbonyl (C=O) groups is 1. The summed E-state index contributed by atoms with van der Waals surface area (Å²) in [5.74, 6) is 0.287. The van der Waals surface area contributed by atoms with Crippen molar-refractivity contribution in [1.82, 2.24) is 5.32 Å². The van der Waals surface area contributed by atoms with Crippen molar-refractivity contribution in [2.45, 2.75) is 26.3 Å². The number of phenols is 1. The molecule has 4 nitrogen and oxygen atoms in total. The van der Waals surface area contributed by atoms with Crippen LogP contribution in [0.1, 0.15) is 33.7 Å². The van der Waals surface area contributed by atoms with Gasteiger partial charge >= 0.3 is 6.09 Å². The van der Waals surface area contributed by atoms with Gasteiger partial charge in [-0.2, -0.15) is 0 Å². The molecule has 0 fully saturated rings. The molecule has 0 radical (unpaired) electrons. The van der Waals surface area contributed by atoms with Gasteiger partial charge in [-0.25, -0.2) is 4.79 Å². The third-order valence-electron chi connectivity index (χ3n) is 5.43. The molecule has 4 rings (SSSR count). The van der Waals surface area contributed by atoms with Gasteiger partial charge in [0, 0.05) is 12.5 Å². The predicted molar refractivity (Wildman–Crippen MR) is 109 cm³/mol. The summed E-state index contributed by atoms with van der Waals surface area (Å²) in [5.41, 5.74) is 7.69. The molecule has 0 bridgehead atoms. The van der Waals surface area contributed by atoms with Gasteiger partial charge in [0.05, 0.1) is 0 Å². The monoisotopic (exact) mass is 373 g/mol. The van der Waals surface area contributed by atoms with E-state index in [-0.39, 0.29) is 11.7 Å². The maximum absolute atomic E-state index is 12.3. The Bertz CT molecular complexity index is 973. The molecule has 0 aromatic heterocycles. The first kappa shape index (κ1) is 18.1. The van der Waals surface area contributed by atoms with E-state index in [2.05, 4.69) is 29.6 Å². The second-order valence-electron chi connectivity index (χ2n) is 7.24. The minimum atomic E-state index is -0.436. The third-order valence-corrected chi connectivity index (χ3v) is 5.43. The van der Waals surface area contributed by atoms with Gasteiger partial charge in [0.2, 0.25) is 0 Å². The summed E-state index contributed by atoms with van der Waals surface area (Å²) in [5, 5.41) is 12.5. The topological polar surface area (TPSA) is 58.6 Å². The Hall–Kier alpha value is -3.27. The van der Waals surface area contributed by atoms with E-state index < -0.39 is 6.09 Å². The lowest BCUT2D eigenvalue weighted by Crippen LogP contribution is -2.26. The number of aromatic hydroxyl groups is 1. The van der Waals surface area contributed by atoms with Crippen molar-refractivity contribution in [1.29, 1.82) is 0 Å². The molecule has 4 heteroatoms. The number of carbonyl (C=O) groups excluding carboxylic acids is 1. The highest BCUT2D eigenvalue weighted by Crippen LogP contribution is 2.44. The summed E-state index contributed by atoms with van der Waals surface area (Å²) >= 11 is 0. The molecule has 0 spiro atoms. The van der Waals surface area contributed by atoms with Crippen LogP contribution >= 0.6 is 0 Å². The lowest BCUT2D eigenvalue weighted by atomic mass is 9.98. The second kappa shape index (κ2) is 7.39. The molecule has 2 N–H and O–H groups in total. The molecule has 0 heterocycles. The van der Waals surface area contributed by atoms with E-state index in [1.165, 1.54) is 22.3 Å². The number of benzene rings is 3. The zero-order chi connectivity index (χ0) is 19.7. The van der Waals surface area contributed by atoms with Gasteiger partial charge in [-0.1, -0.05) is 48.5 Å². The highest BCUT2D eigenvalue weighted by atomic mass is 16.5. The minimum Gasteiger partial charge on any atom is -0.508 e. The molecular weight excluding hydrogens is 350 g/mol. The van der Waals surface area contributed by atoms with E-state index >= 15 is 0 Å². The van der Waals surface area contributed by atoms with Gasteiger partial charge in [0.25, 0.3) is 0 Å². The van der Waals surface area contributed by atoms with Gasteiger partial charge in [-0.3, -0.25) is 0 Å². The molecule has 1 amide bonds. The van der Waals surface area contributed by atoms with E-state index in [1.807, 2.05) is 38.1 Å². The Morgan fingerprint density at radius 1 is 0.964 bits per heavy atom. The van der Waals surface area contributed by atoms with Crippen LogP contribution in [-0.2, 0) is 11.3 Å². The van der Waals surface area contributed by atoms with Crippen molar-refractivity contribution in [3.63, 3.8) is 0 Å². The molecule has 1 aliphatic rings. The number of alkyl carbamates (subject to hydrolysis) is 1. The Morgan fingerprint density at radius 3 is 2.07 bits per heavy atom. The molecular formula is C24H23NO3. The summed E-state index contributed by atoms with van der Waals surface area (Å²) in [6.45, 7) is 4.50. The Morgan fingerprint density at radius 2 is 1.50 bits per heavy atom. The predicted octanol–water partition coefficient (Wildman–Crippen LogP) is 5.05. The number of hydrogen-bond acceptors (Lipinski definition) is 3. The van der Waals surface area contributed by atoms with E-state index in [4.69, 9.17) is 4.74 Å². The highest BCUT2D eigenvalue weighted by molar-refractivity contribution is 5.79. The van der Waals surface area contributed by atoms with Gasteiger partial charge in [0.15, 0.2) is 0 Å². The van der Waals surface area contributed by atoms with Crippen molar-refractivity contribution >= 4 is 6.09 Å². The number of fused-ring (bicyclic) bond motifs is 3. The average molecular weight is 373 g/mol. The zero-order valence-electron chi connectivity index (χ0n) is 16.0. The Kier molecular flexibility index (Phi) is 4.78. The molecule has 0 saturated heterocycles. The number of hydrogen-bond donors (Lipinski definition) is 2. The van der Waals surface area contributed by atoms with Crippen LogP contribution < -0.4 is 5.32 Å². The van der Waals surface area contributed by atoms with E-state index in [0.717, 1.165) is 16.7 Å². The first-order chi connectivity index (χ1) is 13.5. The first-order valence-electron chi connectivity index (χ1n) is 9.42. The van der Waals surface area contributed by atoms with Crippen LogP contribution in [0.4, 0.5) is 4.79 Å². The van der Waals surface area contributed by atoms with E-state index in [0.29, 0.717) is 13.2 Å². The minimum absolute atomic E-state index is 0.0512. The normalized spacial score (nSPS) is 12.4. The number of ether oxygens (including phenoxy) is 1. The van der Waals surface area contributed by atoms with Crippen molar-refractivity contribution in [2.75, 3.05) is 6.61 Å². The quantitative estimate of drug-likeness (QED) is 0.673. The first-order valence-corrected chi connectivity index (χ1v) is 9.42.